The van der Waals surface area contributed by atoms with Crippen LogP contribution in [0.5, 0.6) is 0 Å². The van der Waals surface area contributed by atoms with Gasteiger partial charge in [0.1, 0.15) is 6.07 Å². The highest BCUT2D eigenvalue weighted by Crippen LogP contribution is 2.35. The van der Waals surface area contributed by atoms with E-state index in [1.54, 1.807) is 0 Å². The van der Waals surface area contributed by atoms with Gasteiger partial charge in [-0.05, 0) is 23.8 Å². The maximum absolute atomic E-state index is 10.0. The fraction of sp³-hybridized carbons (Fsp3) is 0.0769. The van der Waals surface area contributed by atoms with Gasteiger partial charge in [0.2, 0.25) is 0 Å². The Morgan fingerprint density at radius 3 is 1.86 bits per heavy atom. The van der Waals surface area contributed by atoms with Crippen molar-refractivity contribution in [2.45, 2.75) is 0 Å². The molecule has 0 amide bonds. The van der Waals surface area contributed by atoms with Crippen LogP contribution in [-0.4, -0.2) is 19.1 Å². The van der Waals surface area contributed by atoms with Crippen molar-refractivity contribution < 1.29 is 0 Å². The van der Waals surface area contributed by atoms with E-state index in [4.69, 9.17) is 4.98 Å². The molecule has 0 aliphatic rings. The van der Waals surface area contributed by atoms with Gasteiger partial charge in [-0.1, -0.05) is 72.8 Å². The number of nitrogens with zero attached hydrogens (tertiary/aromatic N) is 3. The number of benzene rings is 3. The van der Waals surface area contributed by atoms with Gasteiger partial charge in [0.15, 0.2) is 0 Å². The lowest BCUT2D eigenvalue weighted by Crippen LogP contribution is -2.08. The topological polar surface area (TPSA) is 39.9 Å². The van der Waals surface area contributed by atoms with E-state index in [0.29, 0.717) is 11.3 Å². The fourth-order valence-electron chi connectivity index (χ4n) is 3.39. The van der Waals surface area contributed by atoms with E-state index >= 15 is 0 Å². The number of hydrogen-bond donors (Lipinski definition) is 0. The van der Waals surface area contributed by atoms with Gasteiger partial charge < -0.3 is 4.90 Å². The summed E-state index contributed by atoms with van der Waals surface area (Å²) >= 11 is 0. The third-order valence-electron chi connectivity index (χ3n) is 4.94. The summed E-state index contributed by atoms with van der Waals surface area (Å²) in [5.74, 6) is 0. The number of nitriles is 1. The van der Waals surface area contributed by atoms with Crippen molar-refractivity contribution in [2.75, 3.05) is 19.0 Å². The predicted octanol–water partition coefficient (Wildman–Crippen LogP) is 6.02. The minimum absolute atomic E-state index is 0.591. The molecule has 1 heterocycles. The fourth-order valence-corrected chi connectivity index (χ4v) is 3.39. The van der Waals surface area contributed by atoms with Gasteiger partial charge in [-0.25, -0.2) is 4.98 Å². The Morgan fingerprint density at radius 2 is 1.31 bits per heavy atom. The first-order valence-electron chi connectivity index (χ1n) is 9.51. The van der Waals surface area contributed by atoms with Crippen LogP contribution in [0.25, 0.3) is 33.6 Å². The van der Waals surface area contributed by atoms with Crippen LogP contribution in [0.4, 0.5) is 5.69 Å². The minimum atomic E-state index is 0.591. The van der Waals surface area contributed by atoms with Crippen LogP contribution in [0.2, 0.25) is 0 Å². The Balaban J connectivity index is 1.97. The lowest BCUT2D eigenvalue weighted by Gasteiger charge is -2.15. The smallest absolute Gasteiger partial charge is 0.102 e. The number of aromatic nitrogens is 1. The summed E-state index contributed by atoms with van der Waals surface area (Å²) in [7, 11) is 4.03. The van der Waals surface area contributed by atoms with Crippen LogP contribution in [0, 0.1) is 11.3 Å². The summed E-state index contributed by atoms with van der Waals surface area (Å²) in [6.45, 7) is 0. The van der Waals surface area contributed by atoms with Gasteiger partial charge in [-0.15, -0.1) is 0 Å². The van der Waals surface area contributed by atoms with Gasteiger partial charge in [0.25, 0.3) is 0 Å². The molecule has 0 aliphatic carbocycles. The van der Waals surface area contributed by atoms with E-state index in [9.17, 15) is 5.26 Å². The average molecular weight is 375 g/mol. The molecule has 3 heteroatoms. The first-order chi connectivity index (χ1) is 14.2. The first kappa shape index (κ1) is 18.5. The lowest BCUT2D eigenvalue weighted by molar-refractivity contribution is 1.13. The third-order valence-corrected chi connectivity index (χ3v) is 4.94. The van der Waals surface area contributed by atoms with Crippen molar-refractivity contribution in [2.24, 2.45) is 0 Å². The highest BCUT2D eigenvalue weighted by molar-refractivity contribution is 5.84. The van der Waals surface area contributed by atoms with Crippen molar-refractivity contribution >= 4 is 5.69 Å². The zero-order valence-corrected chi connectivity index (χ0v) is 16.5. The van der Waals surface area contributed by atoms with Crippen LogP contribution >= 0.6 is 0 Å². The van der Waals surface area contributed by atoms with Crippen LogP contribution in [0.1, 0.15) is 5.56 Å². The largest absolute Gasteiger partial charge is 0.378 e. The molecular weight excluding hydrogens is 354 g/mol. The number of anilines is 1. The molecule has 0 atom stereocenters. The number of pyridine rings is 1. The molecular formula is C26H21N3. The van der Waals surface area contributed by atoms with Crippen LogP contribution < -0.4 is 4.90 Å². The molecule has 4 aromatic rings. The molecule has 3 aromatic carbocycles. The summed E-state index contributed by atoms with van der Waals surface area (Å²) in [5.41, 5.74) is 7.14. The summed E-state index contributed by atoms with van der Waals surface area (Å²) in [5, 5.41) is 10.0. The van der Waals surface area contributed by atoms with Gasteiger partial charge in [0.05, 0.1) is 17.0 Å². The van der Waals surface area contributed by atoms with E-state index in [-0.39, 0.29) is 0 Å². The van der Waals surface area contributed by atoms with E-state index in [0.717, 1.165) is 33.6 Å². The number of hydrogen-bond acceptors (Lipinski definition) is 3. The van der Waals surface area contributed by atoms with Crippen LogP contribution in [-0.2, 0) is 0 Å². The van der Waals surface area contributed by atoms with Crippen molar-refractivity contribution in [3.8, 4) is 39.7 Å². The molecule has 140 valence electrons. The van der Waals surface area contributed by atoms with Crippen LogP contribution in [0.3, 0.4) is 0 Å². The molecule has 0 radical (unpaired) electrons. The Bertz CT molecular complexity index is 1160. The van der Waals surface area contributed by atoms with Crippen molar-refractivity contribution in [3.63, 3.8) is 0 Å². The summed E-state index contributed by atoms with van der Waals surface area (Å²) in [6, 6.07) is 32.7. The zero-order chi connectivity index (χ0) is 20.2. The predicted molar refractivity (Wildman–Crippen MR) is 120 cm³/mol. The lowest BCUT2D eigenvalue weighted by atomic mass is 9.94. The van der Waals surface area contributed by atoms with Gasteiger partial charge in [-0.3, -0.25) is 0 Å². The second kappa shape index (κ2) is 8.00. The average Bonchev–Trinajstić information content (AvgIpc) is 2.79. The molecule has 0 fully saturated rings. The second-order valence-electron chi connectivity index (χ2n) is 7.06. The van der Waals surface area contributed by atoms with Crippen molar-refractivity contribution in [3.05, 3.63) is 96.6 Å². The van der Waals surface area contributed by atoms with E-state index in [1.165, 1.54) is 0 Å². The molecule has 0 unspecified atom stereocenters. The Hall–Kier alpha value is -3.90. The van der Waals surface area contributed by atoms with Gasteiger partial charge >= 0.3 is 0 Å². The molecule has 0 spiro atoms. The van der Waals surface area contributed by atoms with Crippen molar-refractivity contribution in [1.82, 2.24) is 4.98 Å². The molecule has 0 N–H and O–H groups in total. The summed E-state index contributed by atoms with van der Waals surface area (Å²) < 4.78 is 0. The quantitative estimate of drug-likeness (QED) is 0.438. The maximum Gasteiger partial charge on any atom is 0.102 e. The summed E-state index contributed by atoms with van der Waals surface area (Å²) in [6.07, 6.45) is 0. The Morgan fingerprint density at radius 1 is 0.724 bits per heavy atom. The number of rotatable bonds is 4. The monoisotopic (exact) mass is 375 g/mol. The maximum atomic E-state index is 10.0. The molecule has 3 nitrogen and oxygen atoms in total. The molecule has 4 rings (SSSR count). The Labute approximate surface area is 171 Å². The van der Waals surface area contributed by atoms with E-state index in [1.807, 2.05) is 80.8 Å². The summed E-state index contributed by atoms with van der Waals surface area (Å²) in [4.78, 5) is 6.95. The molecule has 1 aromatic heterocycles. The Kier molecular flexibility index (Phi) is 5.09. The third kappa shape index (κ3) is 3.74. The first-order valence-corrected chi connectivity index (χ1v) is 9.51. The van der Waals surface area contributed by atoms with E-state index in [2.05, 4.69) is 35.2 Å². The molecule has 0 aliphatic heterocycles. The standard InChI is InChI=1S/C26H21N3/c1-29(2)22-15-13-19(14-16-22)23-17-25(20-9-5-3-6-10-20)28-26(24(23)18-27)21-11-7-4-8-12-21/h3-17H,1-2H3. The van der Waals surface area contributed by atoms with Crippen LogP contribution in [0.15, 0.2) is 91.0 Å². The van der Waals surface area contributed by atoms with E-state index < -0.39 is 0 Å². The molecule has 0 saturated carbocycles. The normalized spacial score (nSPS) is 10.4. The van der Waals surface area contributed by atoms with Crippen molar-refractivity contribution in [1.29, 1.82) is 5.26 Å². The molecule has 0 saturated heterocycles. The minimum Gasteiger partial charge on any atom is -0.378 e. The second-order valence-corrected chi connectivity index (χ2v) is 7.06. The van der Waals surface area contributed by atoms with Gasteiger partial charge in [0, 0.05) is 36.5 Å². The highest BCUT2D eigenvalue weighted by Gasteiger charge is 2.16. The molecule has 0 bridgehead atoms. The zero-order valence-electron chi connectivity index (χ0n) is 16.5. The SMILES string of the molecule is CN(C)c1ccc(-c2cc(-c3ccccc3)nc(-c3ccccc3)c2C#N)cc1. The van der Waals surface area contributed by atoms with Gasteiger partial charge in [-0.2, -0.15) is 5.26 Å². The molecule has 29 heavy (non-hydrogen) atoms. The highest BCUT2D eigenvalue weighted by atomic mass is 15.1.